The number of aliphatic imine (C=N–C) groups is 1. The quantitative estimate of drug-likeness (QED) is 0.446. The van der Waals surface area contributed by atoms with Crippen LogP contribution in [-0.4, -0.2) is 15.7 Å². The van der Waals surface area contributed by atoms with E-state index in [1.165, 1.54) is 16.7 Å². The Hall–Kier alpha value is -3.47. The molecule has 0 saturated carbocycles. The number of hydrogen-bond donors (Lipinski definition) is 0. The number of rotatable bonds is 3. The smallest absolute Gasteiger partial charge is 0.269 e. The van der Waals surface area contributed by atoms with Crippen molar-refractivity contribution in [1.29, 1.82) is 0 Å². The second kappa shape index (κ2) is 6.27. The molecule has 0 aromatic heterocycles. The molecule has 2 heterocycles. The van der Waals surface area contributed by atoms with E-state index in [4.69, 9.17) is 4.99 Å². The Balaban J connectivity index is 1.65. The van der Waals surface area contributed by atoms with E-state index >= 15 is 0 Å². The second-order valence-electron chi connectivity index (χ2n) is 8.02. The highest BCUT2D eigenvalue weighted by molar-refractivity contribution is 6.02. The predicted octanol–water partition coefficient (Wildman–Crippen LogP) is 5.46. The number of fused-ring (bicyclic) bond motifs is 2. The summed E-state index contributed by atoms with van der Waals surface area (Å²) in [6, 6.07) is 23.8. The molecule has 2 atom stereocenters. The first-order valence-electron chi connectivity index (χ1n) is 9.73. The number of hydrogen-bond acceptors (Lipinski definition) is 4. The summed E-state index contributed by atoms with van der Waals surface area (Å²) < 4.78 is 0. The summed E-state index contributed by atoms with van der Waals surface area (Å²) in [5.41, 5.74) is 5.57. The summed E-state index contributed by atoms with van der Waals surface area (Å²) >= 11 is 0. The van der Waals surface area contributed by atoms with Gasteiger partial charge in [-0.25, -0.2) is 4.99 Å². The van der Waals surface area contributed by atoms with Crippen LogP contribution < -0.4 is 0 Å². The van der Waals surface area contributed by atoms with Crippen molar-refractivity contribution >= 4 is 17.2 Å². The van der Waals surface area contributed by atoms with Gasteiger partial charge in [0.15, 0.2) is 0 Å². The van der Waals surface area contributed by atoms with Crippen molar-refractivity contribution in [2.45, 2.75) is 31.8 Å². The van der Waals surface area contributed by atoms with Crippen molar-refractivity contribution < 1.29 is 4.92 Å². The molecule has 0 radical (unpaired) electrons. The Morgan fingerprint density at radius 3 is 2.48 bits per heavy atom. The lowest BCUT2D eigenvalue weighted by atomic mass is 9.64. The SMILES string of the molecule is Cc1ccc2c(c1)CN1C(=N2)[C@](C)(c2ccccc2)[C@@H]1c1ccc([N+](=O)[O-])cc1. The number of amidine groups is 1. The van der Waals surface area contributed by atoms with Crippen molar-refractivity contribution in [1.82, 2.24) is 4.90 Å². The lowest BCUT2D eigenvalue weighted by molar-refractivity contribution is -0.384. The van der Waals surface area contributed by atoms with Gasteiger partial charge >= 0.3 is 0 Å². The second-order valence-corrected chi connectivity index (χ2v) is 8.02. The van der Waals surface area contributed by atoms with Gasteiger partial charge in [0.1, 0.15) is 5.84 Å². The maximum atomic E-state index is 11.1. The molecule has 0 unspecified atom stereocenters. The largest absolute Gasteiger partial charge is 0.346 e. The van der Waals surface area contributed by atoms with E-state index < -0.39 is 0 Å². The van der Waals surface area contributed by atoms with E-state index in [2.05, 4.69) is 61.2 Å². The average molecular weight is 383 g/mol. The lowest BCUT2D eigenvalue weighted by Gasteiger charge is -2.59. The van der Waals surface area contributed by atoms with Gasteiger partial charge in [-0.2, -0.15) is 0 Å². The van der Waals surface area contributed by atoms with E-state index in [0.717, 1.165) is 23.6 Å². The molecular formula is C24H21N3O2. The van der Waals surface area contributed by atoms with Crippen LogP contribution in [0.2, 0.25) is 0 Å². The van der Waals surface area contributed by atoms with Crippen LogP contribution in [0.3, 0.4) is 0 Å². The van der Waals surface area contributed by atoms with Gasteiger partial charge in [-0.05, 0) is 36.6 Å². The summed E-state index contributed by atoms with van der Waals surface area (Å²) in [6.45, 7) is 5.11. The third kappa shape index (κ3) is 2.58. The fraction of sp³-hybridized carbons (Fsp3) is 0.208. The zero-order valence-corrected chi connectivity index (χ0v) is 16.4. The minimum absolute atomic E-state index is 0.0677. The van der Waals surface area contributed by atoms with E-state index in [9.17, 15) is 10.1 Å². The number of non-ortho nitro benzene ring substituents is 1. The highest BCUT2D eigenvalue weighted by Gasteiger charge is 2.57. The van der Waals surface area contributed by atoms with Crippen LogP contribution in [0.4, 0.5) is 11.4 Å². The summed E-state index contributed by atoms with van der Waals surface area (Å²) in [4.78, 5) is 18.1. The molecule has 144 valence electrons. The monoisotopic (exact) mass is 383 g/mol. The summed E-state index contributed by atoms with van der Waals surface area (Å²) in [6.07, 6.45) is 0. The lowest BCUT2D eigenvalue weighted by Crippen LogP contribution is -2.64. The molecule has 0 aliphatic carbocycles. The van der Waals surface area contributed by atoms with Gasteiger partial charge in [-0.3, -0.25) is 10.1 Å². The van der Waals surface area contributed by atoms with Crippen molar-refractivity contribution in [3.63, 3.8) is 0 Å². The van der Waals surface area contributed by atoms with Gasteiger partial charge in [0.25, 0.3) is 5.69 Å². The zero-order valence-electron chi connectivity index (χ0n) is 16.4. The molecule has 3 aromatic rings. The van der Waals surface area contributed by atoms with Crippen LogP contribution in [-0.2, 0) is 12.0 Å². The van der Waals surface area contributed by atoms with Crippen LogP contribution in [0.25, 0.3) is 0 Å². The molecule has 5 rings (SSSR count). The maximum absolute atomic E-state index is 11.1. The Labute approximate surface area is 169 Å². The maximum Gasteiger partial charge on any atom is 0.269 e. The van der Waals surface area contributed by atoms with Crippen LogP contribution >= 0.6 is 0 Å². The van der Waals surface area contributed by atoms with Gasteiger partial charge in [0, 0.05) is 18.7 Å². The Kier molecular flexibility index (Phi) is 3.81. The third-order valence-corrected chi connectivity index (χ3v) is 6.19. The van der Waals surface area contributed by atoms with Gasteiger partial charge in [0.05, 0.1) is 22.1 Å². The zero-order chi connectivity index (χ0) is 20.2. The summed E-state index contributed by atoms with van der Waals surface area (Å²) in [5.74, 6) is 1.06. The molecule has 0 bridgehead atoms. The first kappa shape index (κ1) is 17.6. The molecule has 5 nitrogen and oxygen atoms in total. The molecular weight excluding hydrogens is 362 g/mol. The number of nitrogens with zero attached hydrogens (tertiary/aromatic N) is 3. The van der Waals surface area contributed by atoms with Crippen molar-refractivity contribution in [3.8, 4) is 0 Å². The van der Waals surface area contributed by atoms with Crippen LogP contribution in [0.15, 0.2) is 77.8 Å². The van der Waals surface area contributed by atoms with E-state index in [1.807, 2.05) is 18.2 Å². The molecule has 0 amide bonds. The molecule has 29 heavy (non-hydrogen) atoms. The Bertz CT molecular complexity index is 1140. The molecule has 3 aromatic carbocycles. The number of aryl methyl sites for hydroxylation is 1. The van der Waals surface area contributed by atoms with Crippen molar-refractivity contribution in [3.05, 3.63) is 105 Å². The van der Waals surface area contributed by atoms with Crippen LogP contribution in [0.5, 0.6) is 0 Å². The highest BCUT2D eigenvalue weighted by Crippen LogP contribution is 2.55. The van der Waals surface area contributed by atoms with Gasteiger partial charge in [-0.15, -0.1) is 0 Å². The van der Waals surface area contributed by atoms with Crippen LogP contribution in [0.1, 0.15) is 35.2 Å². The fourth-order valence-corrected chi connectivity index (χ4v) is 4.75. The molecule has 5 heteroatoms. The molecule has 0 N–H and O–H groups in total. The van der Waals surface area contributed by atoms with E-state index in [-0.39, 0.29) is 22.1 Å². The van der Waals surface area contributed by atoms with Gasteiger partial charge in [-0.1, -0.05) is 60.2 Å². The van der Waals surface area contributed by atoms with Gasteiger partial charge < -0.3 is 4.90 Å². The van der Waals surface area contributed by atoms with E-state index in [0.29, 0.717) is 0 Å². The number of benzene rings is 3. The topological polar surface area (TPSA) is 58.7 Å². The Morgan fingerprint density at radius 1 is 1.07 bits per heavy atom. The standard InChI is InChI=1S/C24H21N3O2/c1-16-8-13-21-18(14-16)15-26-22(17-9-11-20(12-10-17)27(28)29)24(2,23(26)25-21)19-6-4-3-5-7-19/h3-14,22H,15H2,1-2H3/t22-,24+/m0/s1. The minimum Gasteiger partial charge on any atom is -0.346 e. The molecule has 2 aliphatic heterocycles. The predicted molar refractivity (Wildman–Crippen MR) is 113 cm³/mol. The van der Waals surface area contributed by atoms with Crippen molar-refractivity contribution in [2.75, 3.05) is 0 Å². The molecule has 0 spiro atoms. The number of nitro groups is 1. The average Bonchev–Trinajstić information content (AvgIpc) is 2.73. The summed E-state index contributed by atoms with van der Waals surface area (Å²) in [7, 11) is 0. The Morgan fingerprint density at radius 2 is 1.79 bits per heavy atom. The molecule has 1 fully saturated rings. The highest BCUT2D eigenvalue weighted by atomic mass is 16.6. The normalized spacial score (nSPS) is 22.2. The van der Waals surface area contributed by atoms with Crippen molar-refractivity contribution in [2.24, 2.45) is 4.99 Å². The first-order chi connectivity index (χ1) is 14.0. The van der Waals surface area contributed by atoms with Crippen LogP contribution in [0, 0.1) is 17.0 Å². The van der Waals surface area contributed by atoms with E-state index in [1.54, 1.807) is 12.1 Å². The molecule has 2 aliphatic rings. The summed E-state index contributed by atoms with van der Waals surface area (Å²) in [5, 5.41) is 11.1. The van der Waals surface area contributed by atoms with Gasteiger partial charge in [0.2, 0.25) is 0 Å². The molecule has 1 saturated heterocycles. The number of nitro benzene ring substituents is 1. The minimum atomic E-state index is -0.353. The first-order valence-corrected chi connectivity index (χ1v) is 9.73. The fourth-order valence-electron chi connectivity index (χ4n) is 4.75. The third-order valence-electron chi connectivity index (χ3n) is 6.19.